The first-order valence-corrected chi connectivity index (χ1v) is 9.58. The maximum Gasteiger partial charge on any atom is 0.408 e. The van der Waals surface area contributed by atoms with Crippen LogP contribution in [0.3, 0.4) is 0 Å². The minimum absolute atomic E-state index is 0.0519. The summed E-state index contributed by atoms with van der Waals surface area (Å²) >= 11 is 0. The largest absolute Gasteiger partial charge is 0.445 e. The zero-order valence-electron chi connectivity index (χ0n) is 16.9. The molecule has 0 saturated heterocycles. The Hall–Kier alpha value is -3.42. The summed E-state index contributed by atoms with van der Waals surface area (Å²) in [6, 6.07) is 12.9. The van der Waals surface area contributed by atoms with Crippen LogP contribution in [0.25, 0.3) is 0 Å². The number of benzene rings is 2. The summed E-state index contributed by atoms with van der Waals surface area (Å²) in [6.07, 6.45) is -0.866. The van der Waals surface area contributed by atoms with E-state index >= 15 is 0 Å². The molecule has 2 aromatic rings. The summed E-state index contributed by atoms with van der Waals surface area (Å²) in [5, 5.41) is 5.01. The van der Waals surface area contributed by atoms with Crippen LogP contribution in [0, 0.1) is 11.7 Å². The molecule has 0 saturated carbocycles. The van der Waals surface area contributed by atoms with Crippen molar-refractivity contribution in [2.45, 2.75) is 39.0 Å². The number of nitrogens with two attached hydrogens (primary N) is 1. The van der Waals surface area contributed by atoms with Gasteiger partial charge in [0.2, 0.25) is 11.8 Å². The van der Waals surface area contributed by atoms with E-state index in [1.54, 1.807) is 32.0 Å². The van der Waals surface area contributed by atoms with Gasteiger partial charge in [-0.25, -0.2) is 9.18 Å². The van der Waals surface area contributed by atoms with Crippen molar-refractivity contribution >= 4 is 17.9 Å². The maximum atomic E-state index is 13.9. The molecule has 0 spiro atoms. The van der Waals surface area contributed by atoms with Crippen molar-refractivity contribution in [3.8, 4) is 0 Å². The van der Waals surface area contributed by atoms with Gasteiger partial charge in [-0.2, -0.15) is 0 Å². The smallest absolute Gasteiger partial charge is 0.408 e. The molecule has 0 heterocycles. The predicted octanol–water partition coefficient (Wildman–Crippen LogP) is 2.29. The summed E-state index contributed by atoms with van der Waals surface area (Å²) < 4.78 is 19.0. The summed E-state index contributed by atoms with van der Waals surface area (Å²) in [6.45, 7) is 3.52. The standard InChI is InChI=1S/C22H26FN3O4/c1-14(2)19(26-22(29)30-13-15-8-4-3-5-9-15)21(28)25-18(20(24)27)12-16-10-6-7-11-17(16)23/h3-11,14,18-19H,12-13H2,1-2H3,(H2,24,27)(H,25,28)(H,26,29)/t18-,19+/m0/s1. The molecule has 0 bridgehead atoms. The fraction of sp³-hybridized carbons (Fsp3) is 0.318. The first-order chi connectivity index (χ1) is 14.3. The molecule has 8 heteroatoms. The van der Waals surface area contributed by atoms with Crippen LogP contribution in [0.4, 0.5) is 9.18 Å². The summed E-state index contributed by atoms with van der Waals surface area (Å²) in [7, 11) is 0. The Morgan fingerprint density at radius 1 is 1.00 bits per heavy atom. The van der Waals surface area contributed by atoms with Crippen molar-refractivity contribution in [3.63, 3.8) is 0 Å². The van der Waals surface area contributed by atoms with Crippen LogP contribution < -0.4 is 16.4 Å². The molecule has 0 aromatic heterocycles. The van der Waals surface area contributed by atoms with Gasteiger partial charge in [-0.1, -0.05) is 62.4 Å². The maximum absolute atomic E-state index is 13.9. The molecular weight excluding hydrogens is 389 g/mol. The molecule has 0 fully saturated rings. The number of hydrogen-bond donors (Lipinski definition) is 3. The Labute approximate surface area is 174 Å². The Kier molecular flexibility index (Phi) is 8.34. The molecule has 2 atom stereocenters. The molecule has 30 heavy (non-hydrogen) atoms. The van der Waals surface area contributed by atoms with E-state index in [1.807, 2.05) is 18.2 Å². The van der Waals surface area contributed by atoms with E-state index in [-0.39, 0.29) is 24.5 Å². The number of carbonyl (C=O) groups is 3. The van der Waals surface area contributed by atoms with Crippen LogP contribution in [-0.2, 0) is 27.4 Å². The van der Waals surface area contributed by atoms with E-state index in [1.165, 1.54) is 18.2 Å². The molecule has 0 unspecified atom stereocenters. The monoisotopic (exact) mass is 415 g/mol. The van der Waals surface area contributed by atoms with Crippen LogP contribution in [0.2, 0.25) is 0 Å². The highest BCUT2D eigenvalue weighted by molar-refractivity contribution is 5.91. The van der Waals surface area contributed by atoms with Gasteiger partial charge in [0, 0.05) is 6.42 Å². The van der Waals surface area contributed by atoms with Gasteiger partial charge in [-0.15, -0.1) is 0 Å². The molecule has 2 rings (SSSR count). The fourth-order valence-electron chi connectivity index (χ4n) is 2.79. The number of hydrogen-bond acceptors (Lipinski definition) is 4. The second kappa shape index (κ2) is 10.9. The Morgan fingerprint density at radius 2 is 1.63 bits per heavy atom. The molecule has 4 N–H and O–H groups in total. The lowest BCUT2D eigenvalue weighted by Gasteiger charge is -2.24. The molecule has 2 aromatic carbocycles. The van der Waals surface area contributed by atoms with Gasteiger partial charge in [0.15, 0.2) is 0 Å². The van der Waals surface area contributed by atoms with Crippen molar-refractivity contribution in [2.24, 2.45) is 11.7 Å². The average Bonchev–Trinajstić information content (AvgIpc) is 2.71. The van der Waals surface area contributed by atoms with Gasteiger partial charge in [-0.05, 0) is 23.1 Å². The highest BCUT2D eigenvalue weighted by atomic mass is 19.1. The Morgan fingerprint density at radius 3 is 2.23 bits per heavy atom. The minimum atomic E-state index is -1.13. The predicted molar refractivity (Wildman–Crippen MR) is 110 cm³/mol. The van der Waals surface area contributed by atoms with Crippen LogP contribution in [0.5, 0.6) is 0 Å². The lowest BCUT2D eigenvalue weighted by Crippen LogP contribution is -2.55. The van der Waals surface area contributed by atoms with E-state index < -0.39 is 35.8 Å². The third-order valence-corrected chi connectivity index (χ3v) is 4.48. The van der Waals surface area contributed by atoms with E-state index in [0.717, 1.165) is 5.56 Å². The third-order valence-electron chi connectivity index (χ3n) is 4.48. The number of ether oxygens (including phenoxy) is 1. The molecule has 3 amide bonds. The quantitative estimate of drug-likeness (QED) is 0.584. The molecule has 160 valence electrons. The van der Waals surface area contributed by atoms with Crippen molar-refractivity contribution in [3.05, 3.63) is 71.5 Å². The average molecular weight is 415 g/mol. The van der Waals surface area contributed by atoms with Gasteiger partial charge < -0.3 is 21.1 Å². The molecule has 0 aliphatic heterocycles. The minimum Gasteiger partial charge on any atom is -0.445 e. The third kappa shape index (κ3) is 6.88. The van der Waals surface area contributed by atoms with E-state index in [2.05, 4.69) is 10.6 Å². The van der Waals surface area contributed by atoms with Crippen LogP contribution in [0.15, 0.2) is 54.6 Å². The summed E-state index contributed by atoms with van der Waals surface area (Å²) in [5.74, 6) is -2.21. The lowest BCUT2D eigenvalue weighted by molar-refractivity contribution is -0.129. The second-order valence-electron chi connectivity index (χ2n) is 7.19. The molecule has 0 aliphatic rings. The van der Waals surface area contributed by atoms with Crippen molar-refractivity contribution in [2.75, 3.05) is 0 Å². The summed E-state index contributed by atoms with van der Waals surface area (Å²) in [5.41, 5.74) is 6.44. The number of alkyl carbamates (subject to hydrolysis) is 1. The Bertz CT molecular complexity index is 874. The fourth-order valence-corrected chi connectivity index (χ4v) is 2.79. The van der Waals surface area contributed by atoms with Crippen LogP contribution >= 0.6 is 0 Å². The van der Waals surface area contributed by atoms with Crippen LogP contribution in [0.1, 0.15) is 25.0 Å². The van der Waals surface area contributed by atoms with E-state index in [9.17, 15) is 18.8 Å². The topological polar surface area (TPSA) is 111 Å². The highest BCUT2D eigenvalue weighted by Gasteiger charge is 2.29. The first kappa shape index (κ1) is 22.9. The zero-order valence-corrected chi connectivity index (χ0v) is 16.9. The highest BCUT2D eigenvalue weighted by Crippen LogP contribution is 2.10. The second-order valence-corrected chi connectivity index (χ2v) is 7.19. The van der Waals surface area contributed by atoms with Crippen LogP contribution in [-0.4, -0.2) is 30.0 Å². The number of primary amides is 1. The molecule has 0 radical (unpaired) electrons. The normalized spacial score (nSPS) is 12.7. The molecule has 0 aliphatic carbocycles. The Balaban J connectivity index is 1.99. The number of rotatable bonds is 9. The SMILES string of the molecule is CC(C)[C@@H](NC(=O)OCc1ccccc1)C(=O)N[C@@H](Cc1ccccc1F)C(N)=O. The van der Waals surface area contributed by atoms with Gasteiger partial charge >= 0.3 is 6.09 Å². The number of amides is 3. The first-order valence-electron chi connectivity index (χ1n) is 9.58. The van der Waals surface area contributed by atoms with Gasteiger partial charge in [-0.3, -0.25) is 9.59 Å². The van der Waals surface area contributed by atoms with Gasteiger partial charge in [0.1, 0.15) is 24.5 Å². The molecular formula is C22H26FN3O4. The summed E-state index contributed by atoms with van der Waals surface area (Å²) in [4.78, 5) is 36.6. The zero-order chi connectivity index (χ0) is 22.1. The number of carbonyl (C=O) groups excluding carboxylic acids is 3. The van der Waals surface area contributed by atoms with Gasteiger partial charge in [0.25, 0.3) is 0 Å². The van der Waals surface area contributed by atoms with Crippen molar-refractivity contribution in [1.82, 2.24) is 10.6 Å². The van der Waals surface area contributed by atoms with E-state index in [4.69, 9.17) is 10.5 Å². The van der Waals surface area contributed by atoms with Gasteiger partial charge in [0.05, 0.1) is 0 Å². The van der Waals surface area contributed by atoms with Crippen molar-refractivity contribution < 1.29 is 23.5 Å². The molecule has 7 nitrogen and oxygen atoms in total. The van der Waals surface area contributed by atoms with E-state index in [0.29, 0.717) is 0 Å². The number of nitrogens with one attached hydrogen (secondary N) is 2. The number of halogens is 1. The lowest BCUT2D eigenvalue weighted by atomic mass is 10.0. The van der Waals surface area contributed by atoms with Crippen molar-refractivity contribution in [1.29, 1.82) is 0 Å².